The summed E-state index contributed by atoms with van der Waals surface area (Å²) in [5.41, 5.74) is 2.02. The van der Waals surface area contributed by atoms with Crippen molar-refractivity contribution in [1.29, 1.82) is 0 Å². The van der Waals surface area contributed by atoms with Crippen LogP contribution in [0.15, 0.2) is 0 Å². The van der Waals surface area contributed by atoms with E-state index in [-0.39, 0.29) is 0 Å². The van der Waals surface area contributed by atoms with Gasteiger partial charge in [-0.05, 0) is 40.3 Å². The summed E-state index contributed by atoms with van der Waals surface area (Å²) in [7, 11) is 1.99. The van der Waals surface area contributed by atoms with Gasteiger partial charge in [0.05, 0.1) is 16.4 Å². The van der Waals surface area contributed by atoms with Gasteiger partial charge in [0.1, 0.15) is 0 Å². The number of rotatable bonds is 6. The zero-order chi connectivity index (χ0) is 11.3. The summed E-state index contributed by atoms with van der Waals surface area (Å²) in [5, 5.41) is 8.35. The van der Waals surface area contributed by atoms with Gasteiger partial charge < -0.3 is 5.32 Å². The maximum Gasteiger partial charge on any atom is 0.0844 e. The summed E-state index contributed by atoms with van der Waals surface area (Å²) < 4.78 is 2.01. The third kappa shape index (κ3) is 3.50. The monoisotopic (exact) mass is 229 g/mol. The van der Waals surface area contributed by atoms with Crippen molar-refractivity contribution >= 4 is 11.6 Å². The minimum atomic E-state index is 0.810. The molecule has 4 heteroatoms. The Morgan fingerprint density at radius 3 is 2.53 bits per heavy atom. The van der Waals surface area contributed by atoms with Gasteiger partial charge >= 0.3 is 0 Å². The predicted molar refractivity (Wildman–Crippen MR) is 64.5 cm³/mol. The molecule has 0 amide bonds. The molecule has 1 rings (SSSR count). The molecule has 0 fully saturated rings. The van der Waals surface area contributed by atoms with Gasteiger partial charge in [-0.3, -0.25) is 4.68 Å². The number of hydrogen-bond donors (Lipinski definition) is 1. The quantitative estimate of drug-likeness (QED) is 0.760. The number of aryl methyl sites for hydroxylation is 2. The Labute approximate surface area is 96.8 Å². The highest BCUT2D eigenvalue weighted by atomic mass is 35.5. The highest BCUT2D eigenvalue weighted by molar-refractivity contribution is 6.31. The molecule has 0 aromatic carbocycles. The Morgan fingerprint density at radius 2 is 2.00 bits per heavy atom. The minimum Gasteiger partial charge on any atom is -0.320 e. The molecule has 0 spiro atoms. The first-order valence-corrected chi connectivity index (χ1v) is 5.88. The zero-order valence-electron chi connectivity index (χ0n) is 9.81. The van der Waals surface area contributed by atoms with Crippen LogP contribution in [0, 0.1) is 13.8 Å². The first-order valence-electron chi connectivity index (χ1n) is 5.51. The molecule has 3 nitrogen and oxygen atoms in total. The number of nitrogens with zero attached hydrogens (tertiary/aromatic N) is 2. The fourth-order valence-electron chi connectivity index (χ4n) is 1.63. The van der Waals surface area contributed by atoms with Gasteiger partial charge in [0, 0.05) is 6.54 Å². The molecule has 0 unspecified atom stereocenters. The van der Waals surface area contributed by atoms with Crippen LogP contribution in [-0.4, -0.2) is 23.4 Å². The maximum atomic E-state index is 6.07. The van der Waals surface area contributed by atoms with Crippen molar-refractivity contribution in [3.05, 3.63) is 16.4 Å². The van der Waals surface area contributed by atoms with Gasteiger partial charge in [0.15, 0.2) is 0 Å². The summed E-state index contributed by atoms with van der Waals surface area (Å²) >= 11 is 6.07. The van der Waals surface area contributed by atoms with E-state index >= 15 is 0 Å². The van der Waals surface area contributed by atoms with Gasteiger partial charge in [-0.25, -0.2) is 0 Å². The van der Waals surface area contributed by atoms with Crippen LogP contribution in [0.4, 0.5) is 0 Å². The summed E-state index contributed by atoms with van der Waals surface area (Å²) in [5.74, 6) is 0. The van der Waals surface area contributed by atoms with Crippen LogP contribution in [0.3, 0.4) is 0 Å². The van der Waals surface area contributed by atoms with E-state index in [1.807, 2.05) is 25.6 Å². The number of aromatic nitrogens is 2. The first-order chi connectivity index (χ1) is 7.16. The summed E-state index contributed by atoms with van der Waals surface area (Å²) in [6.45, 7) is 6.05. The molecule has 0 radical (unpaired) electrons. The molecule has 0 saturated carbocycles. The molecule has 0 aliphatic heterocycles. The van der Waals surface area contributed by atoms with Crippen molar-refractivity contribution in [3.63, 3.8) is 0 Å². The first kappa shape index (κ1) is 12.5. The van der Waals surface area contributed by atoms with E-state index in [2.05, 4.69) is 10.4 Å². The second-order valence-corrected chi connectivity index (χ2v) is 4.25. The van der Waals surface area contributed by atoms with E-state index in [9.17, 15) is 0 Å². The van der Waals surface area contributed by atoms with Gasteiger partial charge in [-0.2, -0.15) is 5.10 Å². The van der Waals surface area contributed by atoms with Gasteiger partial charge in [0.2, 0.25) is 0 Å². The second-order valence-electron chi connectivity index (χ2n) is 3.87. The molecule has 0 aliphatic rings. The van der Waals surface area contributed by atoms with Crippen LogP contribution >= 0.6 is 11.6 Å². The zero-order valence-corrected chi connectivity index (χ0v) is 10.6. The van der Waals surface area contributed by atoms with E-state index in [1.54, 1.807) is 0 Å². The molecular weight excluding hydrogens is 210 g/mol. The van der Waals surface area contributed by atoms with E-state index in [4.69, 9.17) is 11.6 Å². The van der Waals surface area contributed by atoms with E-state index in [0.717, 1.165) is 29.5 Å². The minimum absolute atomic E-state index is 0.810. The van der Waals surface area contributed by atoms with Crippen molar-refractivity contribution < 1.29 is 0 Å². The largest absolute Gasteiger partial charge is 0.320 e. The van der Waals surface area contributed by atoms with Gasteiger partial charge in [-0.15, -0.1) is 0 Å². The van der Waals surface area contributed by atoms with Crippen LogP contribution in [0.5, 0.6) is 0 Å². The highest BCUT2D eigenvalue weighted by Gasteiger charge is 2.07. The summed E-state index contributed by atoms with van der Waals surface area (Å²) in [6.07, 6.45) is 3.63. The molecule has 1 N–H and O–H groups in total. The maximum absolute atomic E-state index is 6.07. The average molecular weight is 230 g/mol. The molecule has 1 heterocycles. The van der Waals surface area contributed by atoms with Gasteiger partial charge in [0.25, 0.3) is 0 Å². The van der Waals surface area contributed by atoms with E-state index in [1.165, 1.54) is 19.3 Å². The Bertz CT molecular complexity index is 307. The molecule has 0 bridgehead atoms. The lowest BCUT2D eigenvalue weighted by molar-refractivity contribution is 0.527. The van der Waals surface area contributed by atoms with Gasteiger partial charge in [-0.1, -0.05) is 18.0 Å². The lowest BCUT2D eigenvalue weighted by Gasteiger charge is -2.04. The van der Waals surface area contributed by atoms with Crippen LogP contribution < -0.4 is 5.32 Å². The van der Waals surface area contributed by atoms with E-state index in [0.29, 0.717) is 0 Å². The molecule has 1 aromatic heterocycles. The Morgan fingerprint density at radius 1 is 1.27 bits per heavy atom. The average Bonchev–Trinajstić information content (AvgIpc) is 2.46. The molecule has 86 valence electrons. The molecule has 1 aromatic rings. The van der Waals surface area contributed by atoms with Crippen LogP contribution in [0.2, 0.25) is 5.02 Å². The lowest BCUT2D eigenvalue weighted by Crippen LogP contribution is -2.08. The summed E-state index contributed by atoms with van der Waals surface area (Å²) in [4.78, 5) is 0. The lowest BCUT2D eigenvalue weighted by atomic mass is 10.2. The normalized spacial score (nSPS) is 10.9. The number of halogens is 1. The predicted octanol–water partition coefficient (Wildman–Crippen LogP) is 2.54. The number of unbranched alkanes of at least 4 members (excludes halogenated alkanes) is 2. The topological polar surface area (TPSA) is 29.9 Å². The Kier molecular flexibility index (Phi) is 5.12. The standard InChI is InChI=1S/C11H20ClN3/c1-9-11(12)10(2)15(14-9)8-6-4-5-7-13-3/h13H,4-8H2,1-3H3. The molecule has 0 aliphatic carbocycles. The molecule has 15 heavy (non-hydrogen) atoms. The highest BCUT2D eigenvalue weighted by Crippen LogP contribution is 2.19. The van der Waals surface area contributed by atoms with Crippen molar-refractivity contribution in [3.8, 4) is 0 Å². The van der Waals surface area contributed by atoms with Crippen molar-refractivity contribution in [2.24, 2.45) is 0 Å². The Balaban J connectivity index is 2.34. The van der Waals surface area contributed by atoms with E-state index < -0.39 is 0 Å². The number of nitrogens with one attached hydrogen (secondary N) is 1. The fourth-order valence-corrected chi connectivity index (χ4v) is 1.77. The number of hydrogen-bond acceptors (Lipinski definition) is 2. The third-order valence-corrected chi connectivity index (χ3v) is 3.14. The smallest absolute Gasteiger partial charge is 0.0844 e. The molecule has 0 saturated heterocycles. The molecule has 0 atom stereocenters. The Hall–Kier alpha value is -0.540. The third-order valence-electron chi connectivity index (χ3n) is 2.59. The van der Waals surface area contributed by atoms with Crippen molar-refractivity contribution in [2.45, 2.75) is 39.7 Å². The second kappa shape index (κ2) is 6.13. The fraction of sp³-hybridized carbons (Fsp3) is 0.727. The summed E-state index contributed by atoms with van der Waals surface area (Å²) in [6, 6.07) is 0. The van der Waals surface area contributed by atoms with Crippen molar-refractivity contribution in [2.75, 3.05) is 13.6 Å². The van der Waals surface area contributed by atoms with Crippen LogP contribution in [-0.2, 0) is 6.54 Å². The van der Waals surface area contributed by atoms with Crippen LogP contribution in [0.25, 0.3) is 0 Å². The van der Waals surface area contributed by atoms with Crippen LogP contribution in [0.1, 0.15) is 30.7 Å². The SMILES string of the molecule is CNCCCCCn1nc(C)c(Cl)c1C. The van der Waals surface area contributed by atoms with Crippen molar-refractivity contribution in [1.82, 2.24) is 15.1 Å². The molecular formula is C11H20ClN3.